The number of amides is 1. The number of fused-ring (bicyclic) bond motifs is 1. The van der Waals surface area contributed by atoms with Gasteiger partial charge in [-0.05, 0) is 65.2 Å². The molecular formula is C27H34ClFN6O3. The van der Waals surface area contributed by atoms with E-state index >= 15 is 0 Å². The molecule has 9 nitrogen and oxygen atoms in total. The molecular weight excluding hydrogens is 511 g/mol. The molecule has 4 heterocycles. The quantitative estimate of drug-likeness (QED) is 0.416. The van der Waals surface area contributed by atoms with Crippen LogP contribution in [0.4, 0.5) is 15.0 Å². The number of rotatable bonds is 3. The van der Waals surface area contributed by atoms with Crippen molar-refractivity contribution < 1.29 is 13.9 Å². The van der Waals surface area contributed by atoms with E-state index in [0.29, 0.717) is 35.7 Å². The molecule has 1 saturated heterocycles. The Bertz CT molecular complexity index is 1440. The lowest BCUT2D eigenvalue weighted by atomic mass is 10.0. The second kappa shape index (κ2) is 10.1. The zero-order valence-electron chi connectivity index (χ0n) is 23.0. The van der Waals surface area contributed by atoms with Crippen LogP contribution in [0.2, 0.25) is 5.15 Å². The summed E-state index contributed by atoms with van der Waals surface area (Å²) in [6, 6.07) is 2.58. The average Bonchev–Trinajstić information content (AvgIpc) is 2.79. The van der Waals surface area contributed by atoms with Gasteiger partial charge < -0.3 is 14.5 Å². The summed E-state index contributed by atoms with van der Waals surface area (Å²) < 4.78 is 21.8. The Morgan fingerprint density at radius 2 is 1.82 bits per heavy atom. The van der Waals surface area contributed by atoms with Crippen molar-refractivity contribution in [3.63, 3.8) is 0 Å². The van der Waals surface area contributed by atoms with Crippen LogP contribution < -0.4 is 10.6 Å². The number of nitrogens with zero attached hydrogens (tertiary/aromatic N) is 6. The summed E-state index contributed by atoms with van der Waals surface area (Å²) in [5.74, 6) is -0.420. The molecule has 0 bridgehead atoms. The van der Waals surface area contributed by atoms with E-state index in [9.17, 15) is 14.0 Å². The summed E-state index contributed by atoms with van der Waals surface area (Å²) >= 11 is 6.13. The van der Waals surface area contributed by atoms with E-state index in [4.69, 9.17) is 16.3 Å². The summed E-state index contributed by atoms with van der Waals surface area (Å²) in [6.07, 6.45) is 1.29. The summed E-state index contributed by atoms with van der Waals surface area (Å²) in [5.41, 5.74) is 1.05. The Hall–Kier alpha value is -3.27. The van der Waals surface area contributed by atoms with Crippen LogP contribution in [0, 0.1) is 12.7 Å². The second-order valence-electron chi connectivity index (χ2n) is 11.2. The van der Waals surface area contributed by atoms with Crippen LogP contribution in [0.3, 0.4) is 0 Å². The van der Waals surface area contributed by atoms with E-state index in [0.717, 1.165) is 5.56 Å². The zero-order valence-corrected chi connectivity index (χ0v) is 23.8. The highest BCUT2D eigenvalue weighted by molar-refractivity contribution is 6.30. The Balaban J connectivity index is 1.89. The van der Waals surface area contributed by atoms with E-state index in [1.807, 2.05) is 60.3 Å². The first-order chi connectivity index (χ1) is 17.7. The van der Waals surface area contributed by atoms with Gasteiger partial charge in [-0.25, -0.2) is 23.5 Å². The lowest BCUT2D eigenvalue weighted by Crippen LogP contribution is -2.59. The van der Waals surface area contributed by atoms with Crippen LogP contribution >= 0.6 is 11.6 Å². The van der Waals surface area contributed by atoms with E-state index in [1.54, 1.807) is 17.2 Å². The molecule has 1 fully saturated rings. The molecule has 0 spiro atoms. The monoisotopic (exact) mass is 544 g/mol. The molecule has 3 aromatic heterocycles. The number of aromatic nitrogens is 4. The number of hydrogen-bond acceptors (Lipinski definition) is 7. The standard InChI is InChI=1S/C27H34ClFN6O3/c1-14(2)20-21(15(3)9-10-30-20)35-23-18(11-19(29)22(28)31-23)24(32-25(35)36)34-16(4)12-33(13-17(34)5)26(37)38-27(6,7)8/h9-11,14,16-17H,12-13H2,1-8H3/t16-,17+. The van der Waals surface area contributed by atoms with Crippen LogP contribution in [0.5, 0.6) is 0 Å². The highest BCUT2D eigenvalue weighted by atomic mass is 35.5. The van der Waals surface area contributed by atoms with E-state index in [1.165, 1.54) is 10.6 Å². The van der Waals surface area contributed by atoms with Crippen molar-refractivity contribution in [2.24, 2.45) is 0 Å². The Morgan fingerprint density at radius 1 is 1.18 bits per heavy atom. The molecule has 3 aromatic rings. The first-order valence-corrected chi connectivity index (χ1v) is 13.1. The topological polar surface area (TPSA) is 93.5 Å². The summed E-state index contributed by atoms with van der Waals surface area (Å²) in [5, 5.41) is 0.000148. The van der Waals surface area contributed by atoms with E-state index in [-0.39, 0.29) is 28.8 Å². The minimum atomic E-state index is -0.716. The predicted molar refractivity (Wildman–Crippen MR) is 146 cm³/mol. The minimum absolute atomic E-state index is 0.00317. The molecule has 0 saturated carbocycles. The number of aryl methyl sites for hydroxylation is 1. The molecule has 2 atom stereocenters. The van der Waals surface area contributed by atoms with Gasteiger partial charge in [-0.2, -0.15) is 4.98 Å². The molecule has 0 aliphatic carbocycles. The number of carbonyl (C=O) groups is 1. The molecule has 0 N–H and O–H groups in total. The minimum Gasteiger partial charge on any atom is -0.444 e. The van der Waals surface area contributed by atoms with Crippen molar-refractivity contribution in [2.75, 3.05) is 18.0 Å². The van der Waals surface area contributed by atoms with Crippen LogP contribution in [0.25, 0.3) is 16.7 Å². The van der Waals surface area contributed by atoms with Crippen molar-refractivity contribution in [1.82, 2.24) is 24.4 Å². The lowest BCUT2D eigenvalue weighted by Gasteiger charge is -2.45. The Labute approximate surface area is 226 Å². The summed E-state index contributed by atoms with van der Waals surface area (Å²) in [7, 11) is 0. The zero-order chi connectivity index (χ0) is 28.1. The normalized spacial score (nSPS) is 18.4. The largest absolute Gasteiger partial charge is 0.444 e. The molecule has 4 rings (SSSR count). The van der Waals surface area contributed by atoms with Gasteiger partial charge in [0.1, 0.15) is 11.4 Å². The van der Waals surface area contributed by atoms with Gasteiger partial charge in [0.05, 0.1) is 16.8 Å². The maximum Gasteiger partial charge on any atom is 0.410 e. The molecule has 1 aliphatic rings. The molecule has 0 aromatic carbocycles. The third-order valence-electron chi connectivity index (χ3n) is 6.50. The number of piperazine rings is 1. The van der Waals surface area contributed by atoms with Gasteiger partial charge in [0.15, 0.2) is 16.6 Å². The van der Waals surface area contributed by atoms with Gasteiger partial charge in [0.25, 0.3) is 0 Å². The van der Waals surface area contributed by atoms with Gasteiger partial charge in [-0.3, -0.25) is 4.98 Å². The maximum atomic E-state index is 14.8. The average molecular weight is 545 g/mol. The number of halogens is 2. The van der Waals surface area contributed by atoms with Crippen molar-refractivity contribution in [1.29, 1.82) is 0 Å². The third-order valence-corrected chi connectivity index (χ3v) is 6.76. The number of ether oxygens (including phenoxy) is 1. The van der Waals surface area contributed by atoms with Gasteiger partial charge in [-0.1, -0.05) is 25.4 Å². The fraction of sp³-hybridized carbons (Fsp3) is 0.519. The van der Waals surface area contributed by atoms with Gasteiger partial charge in [0, 0.05) is 31.4 Å². The predicted octanol–water partition coefficient (Wildman–Crippen LogP) is 5.23. The molecule has 38 heavy (non-hydrogen) atoms. The lowest BCUT2D eigenvalue weighted by molar-refractivity contribution is 0.0192. The van der Waals surface area contributed by atoms with Gasteiger partial charge in [0.2, 0.25) is 0 Å². The molecule has 0 unspecified atom stereocenters. The van der Waals surface area contributed by atoms with Crippen LogP contribution in [-0.2, 0) is 4.74 Å². The van der Waals surface area contributed by atoms with Gasteiger partial charge in [-0.15, -0.1) is 0 Å². The number of hydrogen-bond donors (Lipinski definition) is 0. The number of anilines is 1. The van der Waals surface area contributed by atoms with Crippen molar-refractivity contribution in [2.45, 2.75) is 79.0 Å². The van der Waals surface area contributed by atoms with Crippen LogP contribution in [0.15, 0.2) is 23.1 Å². The van der Waals surface area contributed by atoms with Crippen LogP contribution in [-0.4, -0.2) is 61.3 Å². The second-order valence-corrected chi connectivity index (χ2v) is 11.6. The summed E-state index contributed by atoms with van der Waals surface area (Å²) in [6.45, 7) is 15.8. The van der Waals surface area contributed by atoms with Crippen molar-refractivity contribution >= 4 is 34.5 Å². The van der Waals surface area contributed by atoms with Crippen molar-refractivity contribution in [3.05, 3.63) is 51.0 Å². The fourth-order valence-electron chi connectivity index (χ4n) is 4.98. The first-order valence-electron chi connectivity index (χ1n) is 12.7. The first kappa shape index (κ1) is 27.8. The summed E-state index contributed by atoms with van der Waals surface area (Å²) in [4.78, 5) is 43.3. The highest BCUT2D eigenvalue weighted by Gasteiger charge is 2.36. The molecule has 204 valence electrons. The third kappa shape index (κ3) is 5.18. The maximum absolute atomic E-state index is 14.8. The van der Waals surface area contributed by atoms with Crippen molar-refractivity contribution in [3.8, 4) is 5.69 Å². The van der Waals surface area contributed by atoms with E-state index < -0.39 is 23.2 Å². The molecule has 11 heteroatoms. The SMILES string of the molecule is Cc1ccnc(C(C)C)c1-n1c(=O)nc(N2[C@H](C)CN(C(=O)OC(C)(C)C)C[C@@H]2C)c2cc(F)c(Cl)nc21. The smallest absolute Gasteiger partial charge is 0.410 e. The molecule has 1 amide bonds. The fourth-order valence-corrected chi connectivity index (χ4v) is 5.12. The highest BCUT2D eigenvalue weighted by Crippen LogP contribution is 2.33. The molecule has 1 aliphatic heterocycles. The number of pyridine rings is 2. The van der Waals surface area contributed by atoms with Gasteiger partial charge >= 0.3 is 11.8 Å². The molecule has 0 radical (unpaired) electrons. The Morgan fingerprint density at radius 3 is 2.39 bits per heavy atom. The number of carbonyl (C=O) groups excluding carboxylic acids is 1. The van der Waals surface area contributed by atoms with E-state index in [2.05, 4.69) is 15.0 Å². The van der Waals surface area contributed by atoms with Crippen LogP contribution in [0.1, 0.15) is 65.6 Å². The Kier molecular flexibility index (Phi) is 7.40.